The Labute approximate surface area is 147 Å². The van der Waals surface area contributed by atoms with E-state index in [0.29, 0.717) is 13.2 Å². The Kier molecular flexibility index (Phi) is 13.4. The van der Waals surface area contributed by atoms with Gasteiger partial charge in [-0.3, -0.25) is 0 Å². The molecule has 0 aromatic carbocycles. The molecular weight excluding hydrogens is 306 g/mol. The lowest BCUT2D eigenvalue weighted by Crippen LogP contribution is -2.46. The molecule has 0 aliphatic carbocycles. The van der Waals surface area contributed by atoms with Gasteiger partial charge in [0.05, 0.1) is 13.2 Å². The Bertz CT molecular complexity index is 344. The number of carbonyl (C=O) groups is 2. The van der Waals surface area contributed by atoms with Crippen LogP contribution in [0.1, 0.15) is 79.6 Å². The summed E-state index contributed by atoms with van der Waals surface area (Å²) in [5, 5.41) is 2.66. The minimum Gasteiger partial charge on any atom is -0.464 e. The van der Waals surface area contributed by atoms with E-state index in [1.807, 2.05) is 27.7 Å². The molecule has 1 amide bonds. The second-order valence-corrected chi connectivity index (χ2v) is 6.94. The lowest BCUT2D eigenvalue weighted by Gasteiger charge is -2.22. The van der Waals surface area contributed by atoms with Crippen molar-refractivity contribution in [2.24, 2.45) is 11.8 Å². The molecule has 0 spiro atoms. The average Bonchev–Trinajstić information content (AvgIpc) is 2.56. The largest absolute Gasteiger partial charge is 0.464 e. The highest BCUT2D eigenvalue weighted by atomic mass is 16.6. The Hall–Kier alpha value is -1.26. The van der Waals surface area contributed by atoms with E-state index in [4.69, 9.17) is 9.47 Å². The van der Waals surface area contributed by atoms with Crippen molar-refractivity contribution in [1.82, 2.24) is 5.32 Å². The topological polar surface area (TPSA) is 64.6 Å². The molecule has 0 saturated carbocycles. The van der Waals surface area contributed by atoms with E-state index < -0.39 is 12.1 Å². The van der Waals surface area contributed by atoms with Crippen LogP contribution < -0.4 is 5.32 Å². The summed E-state index contributed by atoms with van der Waals surface area (Å²) < 4.78 is 10.5. The standard InChI is InChI=1S/C19H37NO4/c1-6-8-9-10-11-12-13-23-18(21)17(16(5)7-2)20-19(22)24-14-15(3)4/h15-17H,6-14H2,1-5H3,(H,20,22). The number of nitrogens with one attached hydrogen (secondary N) is 1. The first-order chi connectivity index (χ1) is 11.4. The summed E-state index contributed by atoms with van der Waals surface area (Å²) in [5.41, 5.74) is 0. The summed E-state index contributed by atoms with van der Waals surface area (Å²) >= 11 is 0. The van der Waals surface area contributed by atoms with Gasteiger partial charge < -0.3 is 14.8 Å². The number of esters is 1. The number of hydrogen-bond acceptors (Lipinski definition) is 4. The van der Waals surface area contributed by atoms with Gasteiger partial charge in [-0.15, -0.1) is 0 Å². The monoisotopic (exact) mass is 343 g/mol. The van der Waals surface area contributed by atoms with Crippen LogP contribution >= 0.6 is 0 Å². The van der Waals surface area contributed by atoms with Crippen LogP contribution in [0.4, 0.5) is 4.79 Å². The van der Waals surface area contributed by atoms with E-state index in [1.165, 1.54) is 25.7 Å². The van der Waals surface area contributed by atoms with Gasteiger partial charge in [0.25, 0.3) is 0 Å². The minimum atomic E-state index is -0.644. The van der Waals surface area contributed by atoms with E-state index in [1.54, 1.807) is 0 Å². The quantitative estimate of drug-likeness (QED) is 0.389. The van der Waals surface area contributed by atoms with Gasteiger partial charge >= 0.3 is 12.1 Å². The predicted molar refractivity (Wildman–Crippen MR) is 96.9 cm³/mol. The number of hydrogen-bond donors (Lipinski definition) is 1. The molecule has 2 unspecified atom stereocenters. The average molecular weight is 344 g/mol. The van der Waals surface area contributed by atoms with E-state index in [9.17, 15) is 9.59 Å². The molecule has 142 valence electrons. The lowest BCUT2D eigenvalue weighted by atomic mass is 9.99. The van der Waals surface area contributed by atoms with Gasteiger partial charge in [0.15, 0.2) is 0 Å². The number of ether oxygens (including phenoxy) is 2. The van der Waals surface area contributed by atoms with Crippen LogP contribution in [0.2, 0.25) is 0 Å². The predicted octanol–water partition coefficient (Wildman–Crippen LogP) is 4.69. The first kappa shape index (κ1) is 22.7. The maximum atomic E-state index is 12.3. The second-order valence-electron chi connectivity index (χ2n) is 6.94. The van der Waals surface area contributed by atoms with Gasteiger partial charge in [0.1, 0.15) is 6.04 Å². The van der Waals surface area contributed by atoms with Gasteiger partial charge in [-0.1, -0.05) is 73.1 Å². The smallest absolute Gasteiger partial charge is 0.407 e. The molecule has 0 radical (unpaired) electrons. The van der Waals surface area contributed by atoms with E-state index in [2.05, 4.69) is 12.2 Å². The third-order valence-corrected chi connectivity index (χ3v) is 4.03. The molecule has 1 N–H and O–H groups in total. The summed E-state index contributed by atoms with van der Waals surface area (Å²) in [6.07, 6.45) is 7.09. The molecule has 0 fully saturated rings. The second kappa shape index (κ2) is 14.1. The molecule has 0 aromatic rings. The highest BCUT2D eigenvalue weighted by Gasteiger charge is 2.27. The molecular formula is C19H37NO4. The Morgan fingerprint density at radius 2 is 1.54 bits per heavy atom. The molecule has 0 rings (SSSR count). The zero-order chi connectivity index (χ0) is 18.4. The Morgan fingerprint density at radius 3 is 2.12 bits per heavy atom. The zero-order valence-corrected chi connectivity index (χ0v) is 16.2. The summed E-state index contributed by atoms with van der Waals surface area (Å²) in [6.45, 7) is 10.8. The molecule has 0 aliphatic heterocycles. The van der Waals surface area contributed by atoms with Crippen molar-refractivity contribution in [3.63, 3.8) is 0 Å². The van der Waals surface area contributed by atoms with E-state index in [0.717, 1.165) is 19.3 Å². The number of carbonyl (C=O) groups excluding carboxylic acids is 2. The summed E-state index contributed by atoms with van der Waals surface area (Å²) in [5.74, 6) is -0.0921. The van der Waals surface area contributed by atoms with Gasteiger partial charge in [-0.25, -0.2) is 9.59 Å². The lowest BCUT2D eigenvalue weighted by molar-refractivity contribution is -0.147. The summed E-state index contributed by atoms with van der Waals surface area (Å²) in [7, 11) is 0. The zero-order valence-electron chi connectivity index (χ0n) is 16.2. The Balaban J connectivity index is 4.19. The van der Waals surface area contributed by atoms with Crippen molar-refractivity contribution in [1.29, 1.82) is 0 Å². The number of amides is 1. The number of alkyl carbamates (subject to hydrolysis) is 1. The van der Waals surface area contributed by atoms with Gasteiger partial charge in [-0.05, 0) is 18.3 Å². The number of unbranched alkanes of at least 4 members (excludes halogenated alkanes) is 5. The minimum absolute atomic E-state index is 0.00801. The number of rotatable bonds is 13. The maximum Gasteiger partial charge on any atom is 0.407 e. The normalized spacial score (nSPS) is 13.4. The van der Waals surface area contributed by atoms with Crippen LogP contribution in [0.25, 0.3) is 0 Å². The molecule has 0 bridgehead atoms. The van der Waals surface area contributed by atoms with E-state index in [-0.39, 0.29) is 17.8 Å². The maximum absolute atomic E-state index is 12.3. The highest BCUT2D eigenvalue weighted by molar-refractivity contribution is 5.81. The molecule has 0 saturated heterocycles. The molecule has 0 heterocycles. The van der Waals surface area contributed by atoms with Crippen LogP contribution in [-0.2, 0) is 14.3 Å². The van der Waals surface area contributed by atoms with Gasteiger partial charge in [0, 0.05) is 0 Å². The fourth-order valence-corrected chi connectivity index (χ4v) is 2.23. The van der Waals surface area contributed by atoms with Crippen LogP contribution in [0, 0.1) is 11.8 Å². The van der Waals surface area contributed by atoms with E-state index >= 15 is 0 Å². The van der Waals surface area contributed by atoms with Crippen molar-refractivity contribution in [3.05, 3.63) is 0 Å². The third-order valence-electron chi connectivity index (χ3n) is 4.03. The first-order valence-electron chi connectivity index (χ1n) is 9.52. The van der Waals surface area contributed by atoms with Crippen molar-refractivity contribution < 1.29 is 19.1 Å². The van der Waals surface area contributed by atoms with Crippen LogP contribution in [0.15, 0.2) is 0 Å². The molecule has 2 atom stereocenters. The van der Waals surface area contributed by atoms with Gasteiger partial charge in [0.2, 0.25) is 0 Å². The molecule has 0 aromatic heterocycles. The molecule has 5 heteroatoms. The van der Waals surface area contributed by atoms with Crippen molar-refractivity contribution in [3.8, 4) is 0 Å². The molecule has 0 aliphatic rings. The van der Waals surface area contributed by atoms with Crippen molar-refractivity contribution >= 4 is 12.1 Å². The fraction of sp³-hybridized carbons (Fsp3) is 0.895. The molecule has 5 nitrogen and oxygen atoms in total. The fourth-order valence-electron chi connectivity index (χ4n) is 2.23. The molecule has 24 heavy (non-hydrogen) atoms. The third kappa shape index (κ3) is 11.3. The van der Waals surface area contributed by atoms with Crippen molar-refractivity contribution in [2.75, 3.05) is 13.2 Å². The first-order valence-corrected chi connectivity index (χ1v) is 9.52. The van der Waals surface area contributed by atoms with Crippen molar-refractivity contribution in [2.45, 2.75) is 85.6 Å². The van der Waals surface area contributed by atoms with Gasteiger partial charge in [-0.2, -0.15) is 0 Å². The SMILES string of the molecule is CCCCCCCCOC(=O)C(NC(=O)OCC(C)C)C(C)CC. The summed E-state index contributed by atoms with van der Waals surface area (Å²) in [4.78, 5) is 24.1. The Morgan fingerprint density at radius 1 is 0.917 bits per heavy atom. The van der Waals surface area contributed by atoms with Crippen LogP contribution in [0.3, 0.4) is 0 Å². The highest BCUT2D eigenvalue weighted by Crippen LogP contribution is 2.11. The summed E-state index contributed by atoms with van der Waals surface area (Å²) in [6, 6.07) is -0.644. The van der Waals surface area contributed by atoms with Crippen LogP contribution in [-0.4, -0.2) is 31.3 Å². The van der Waals surface area contributed by atoms with Crippen LogP contribution in [0.5, 0.6) is 0 Å².